The average Bonchev–Trinajstić information content (AvgIpc) is 2.59. The average molecular weight is 203 g/mol. The fourth-order valence-electron chi connectivity index (χ4n) is 1.16. The fourth-order valence-corrected chi connectivity index (χ4v) is 1.16. The predicted octanol–water partition coefficient (Wildman–Crippen LogP) is 4.56. The van der Waals surface area contributed by atoms with Crippen molar-refractivity contribution < 1.29 is 0 Å². The van der Waals surface area contributed by atoms with Gasteiger partial charge in [-0.15, -0.1) is 0 Å². The Labute approximate surface area is 93.6 Å². The smallest absolute Gasteiger partial charge is 0.0698 e. The number of hydrogen-bond acceptors (Lipinski definition) is 1. The molecule has 0 radical (unpaired) electrons. The summed E-state index contributed by atoms with van der Waals surface area (Å²) in [5.74, 6) is 0. The third-order valence-corrected chi connectivity index (χ3v) is 1.72. The van der Waals surface area contributed by atoms with Crippen molar-refractivity contribution in [2.24, 2.45) is 0 Å². The van der Waals surface area contributed by atoms with Crippen LogP contribution in [0.4, 0.5) is 0 Å². The Balaban J connectivity index is 0.000000442. The van der Waals surface area contributed by atoms with Gasteiger partial charge in [-0.3, -0.25) is 4.98 Å². The van der Waals surface area contributed by atoms with Gasteiger partial charge in [0.15, 0.2) is 0 Å². The largest absolute Gasteiger partial charge is 0.256 e. The first-order valence-electron chi connectivity index (χ1n) is 5.75. The number of pyridine rings is 1. The molecule has 0 unspecified atom stereocenters. The molecule has 0 saturated carbocycles. The predicted molar refractivity (Wildman–Crippen MR) is 69.6 cm³/mol. The van der Waals surface area contributed by atoms with Gasteiger partial charge >= 0.3 is 0 Å². The molecular formula is C14H21N. The zero-order valence-electron chi connectivity index (χ0n) is 10.2. The van der Waals surface area contributed by atoms with E-state index < -0.39 is 0 Å². The number of aromatic nitrogens is 1. The molecule has 0 aliphatic heterocycles. The van der Waals surface area contributed by atoms with Crippen LogP contribution in [0.15, 0.2) is 30.5 Å². The lowest BCUT2D eigenvalue weighted by molar-refractivity contribution is 1.28. The first-order valence-corrected chi connectivity index (χ1v) is 5.75. The Hall–Kier alpha value is -1.37. The molecule has 0 atom stereocenters. The Morgan fingerprint density at radius 2 is 1.67 bits per heavy atom. The van der Waals surface area contributed by atoms with Gasteiger partial charge in [0.25, 0.3) is 0 Å². The number of allylic oxidation sites excluding steroid dienone is 2. The minimum absolute atomic E-state index is 1.01. The maximum Gasteiger partial charge on any atom is 0.0698 e. The summed E-state index contributed by atoms with van der Waals surface area (Å²) in [5, 5.41) is 0. The molecule has 82 valence electrons. The zero-order chi connectivity index (χ0) is 11.5. The molecule has 0 fully saturated rings. The molecule has 0 saturated heterocycles. The second-order valence-corrected chi connectivity index (χ2v) is 2.52. The molecule has 1 aliphatic carbocycles. The van der Waals surface area contributed by atoms with Crippen LogP contribution >= 0.6 is 0 Å². The van der Waals surface area contributed by atoms with Gasteiger partial charge in [0.1, 0.15) is 0 Å². The van der Waals surface area contributed by atoms with E-state index in [1.165, 1.54) is 5.56 Å². The Morgan fingerprint density at radius 1 is 1.00 bits per heavy atom. The van der Waals surface area contributed by atoms with Crippen LogP contribution in [0.1, 0.15) is 45.4 Å². The zero-order valence-corrected chi connectivity index (χ0v) is 10.2. The molecule has 15 heavy (non-hydrogen) atoms. The molecule has 1 heteroatoms. The van der Waals surface area contributed by atoms with Crippen molar-refractivity contribution in [2.45, 2.75) is 34.1 Å². The van der Waals surface area contributed by atoms with Crippen molar-refractivity contribution in [2.75, 3.05) is 0 Å². The van der Waals surface area contributed by atoms with Crippen LogP contribution in [0.3, 0.4) is 0 Å². The molecule has 0 aromatic carbocycles. The summed E-state index contributed by atoms with van der Waals surface area (Å²) in [6.45, 7) is 8.00. The summed E-state index contributed by atoms with van der Waals surface area (Å²) in [7, 11) is 0. The number of hydrogen-bond donors (Lipinski definition) is 0. The third-order valence-electron chi connectivity index (χ3n) is 1.72. The van der Waals surface area contributed by atoms with Crippen LogP contribution in [-0.4, -0.2) is 4.98 Å². The summed E-state index contributed by atoms with van der Waals surface area (Å²) >= 11 is 0. The van der Waals surface area contributed by atoms with Crippen molar-refractivity contribution >= 4 is 12.2 Å². The van der Waals surface area contributed by atoms with E-state index in [-0.39, 0.29) is 0 Å². The normalized spacial score (nSPS) is 11.2. The molecular weight excluding hydrogens is 182 g/mol. The molecule has 2 rings (SSSR count). The lowest BCUT2D eigenvalue weighted by Gasteiger charge is -1.95. The molecule has 1 heterocycles. The van der Waals surface area contributed by atoms with Crippen LogP contribution in [0.5, 0.6) is 0 Å². The third kappa shape index (κ3) is 4.59. The van der Waals surface area contributed by atoms with Crippen molar-refractivity contribution in [3.8, 4) is 0 Å². The summed E-state index contributed by atoms with van der Waals surface area (Å²) < 4.78 is 0. The van der Waals surface area contributed by atoms with Gasteiger partial charge in [-0.2, -0.15) is 0 Å². The van der Waals surface area contributed by atoms with Gasteiger partial charge in [0, 0.05) is 6.20 Å². The standard InChI is InChI=1S/C10H9N.2C2H6/c1-2-5-9-6-4-8-11-10(9)7-3-1;2*1-2/h2-8H,1H2;2*1-2H3. The molecule has 0 amide bonds. The van der Waals surface area contributed by atoms with E-state index in [4.69, 9.17) is 0 Å². The topological polar surface area (TPSA) is 12.9 Å². The van der Waals surface area contributed by atoms with Crippen molar-refractivity contribution in [1.29, 1.82) is 0 Å². The molecule has 1 aliphatic rings. The Kier molecular flexibility index (Phi) is 8.36. The van der Waals surface area contributed by atoms with Crippen molar-refractivity contribution in [3.05, 3.63) is 41.7 Å². The minimum Gasteiger partial charge on any atom is -0.256 e. The summed E-state index contributed by atoms with van der Waals surface area (Å²) in [6, 6.07) is 4.04. The van der Waals surface area contributed by atoms with E-state index in [2.05, 4.69) is 35.4 Å². The van der Waals surface area contributed by atoms with Crippen molar-refractivity contribution in [3.63, 3.8) is 0 Å². The highest BCUT2D eigenvalue weighted by Crippen LogP contribution is 2.13. The van der Waals surface area contributed by atoms with Crippen LogP contribution in [0.2, 0.25) is 0 Å². The second kappa shape index (κ2) is 9.20. The summed E-state index contributed by atoms with van der Waals surface area (Å²) in [4.78, 5) is 4.24. The molecule has 0 spiro atoms. The highest BCUT2D eigenvalue weighted by atomic mass is 14.7. The SMILES string of the molecule is C1=Cc2cccnc2C=CC1.CC.CC. The first-order chi connectivity index (χ1) is 7.47. The Morgan fingerprint density at radius 3 is 2.40 bits per heavy atom. The summed E-state index contributed by atoms with van der Waals surface area (Å²) in [6.07, 6.45) is 11.3. The van der Waals surface area contributed by atoms with Crippen LogP contribution in [-0.2, 0) is 0 Å². The van der Waals surface area contributed by atoms with E-state index in [0.29, 0.717) is 0 Å². The van der Waals surface area contributed by atoms with E-state index in [9.17, 15) is 0 Å². The van der Waals surface area contributed by atoms with Crippen LogP contribution in [0, 0.1) is 0 Å². The van der Waals surface area contributed by atoms with Gasteiger partial charge in [0.2, 0.25) is 0 Å². The molecule has 1 aromatic rings. The van der Waals surface area contributed by atoms with Gasteiger partial charge in [-0.1, -0.05) is 52.0 Å². The first kappa shape index (κ1) is 13.6. The molecule has 1 nitrogen and oxygen atoms in total. The Bertz CT molecular complexity index is 280. The molecule has 0 N–H and O–H groups in total. The lowest BCUT2D eigenvalue weighted by atomic mass is 10.2. The van der Waals surface area contributed by atoms with E-state index in [1.807, 2.05) is 40.0 Å². The highest BCUT2D eigenvalue weighted by molar-refractivity contribution is 5.64. The lowest BCUT2D eigenvalue weighted by Crippen LogP contribution is -1.82. The van der Waals surface area contributed by atoms with Crippen LogP contribution in [0.25, 0.3) is 12.2 Å². The maximum atomic E-state index is 4.24. The molecule has 1 aromatic heterocycles. The van der Waals surface area contributed by atoms with E-state index in [0.717, 1.165) is 12.1 Å². The van der Waals surface area contributed by atoms with Crippen LogP contribution < -0.4 is 0 Å². The maximum absolute atomic E-state index is 4.24. The number of fused-ring (bicyclic) bond motifs is 1. The number of rotatable bonds is 0. The van der Waals surface area contributed by atoms with E-state index >= 15 is 0 Å². The van der Waals surface area contributed by atoms with Crippen molar-refractivity contribution in [1.82, 2.24) is 4.98 Å². The van der Waals surface area contributed by atoms with Gasteiger partial charge in [-0.05, 0) is 24.1 Å². The monoisotopic (exact) mass is 203 g/mol. The quantitative estimate of drug-likeness (QED) is 0.602. The summed E-state index contributed by atoms with van der Waals surface area (Å²) in [5.41, 5.74) is 2.28. The molecule has 0 bridgehead atoms. The fraction of sp³-hybridized carbons (Fsp3) is 0.357. The van der Waals surface area contributed by atoms with Gasteiger partial charge in [0.05, 0.1) is 5.69 Å². The minimum atomic E-state index is 1.01. The number of nitrogens with zero attached hydrogens (tertiary/aromatic N) is 1. The highest BCUT2D eigenvalue weighted by Gasteiger charge is 1.96. The van der Waals surface area contributed by atoms with Gasteiger partial charge < -0.3 is 0 Å². The van der Waals surface area contributed by atoms with E-state index in [1.54, 1.807) is 0 Å². The van der Waals surface area contributed by atoms with Gasteiger partial charge in [-0.25, -0.2) is 0 Å². The second-order valence-electron chi connectivity index (χ2n) is 2.52.